The lowest BCUT2D eigenvalue weighted by Crippen LogP contribution is -2.46. The topological polar surface area (TPSA) is 52.7 Å². The summed E-state index contributed by atoms with van der Waals surface area (Å²) in [7, 11) is 1.04. The average molecular weight is 277 g/mol. The van der Waals surface area contributed by atoms with E-state index >= 15 is 0 Å². The van der Waals surface area contributed by atoms with E-state index in [2.05, 4.69) is 24.3 Å². The lowest BCUT2D eigenvalue weighted by molar-refractivity contribution is 0.196. The number of rotatable bonds is 6. The Morgan fingerprint density at radius 3 is 2.28 bits per heavy atom. The first kappa shape index (κ1) is 15.9. The highest BCUT2D eigenvalue weighted by Crippen LogP contribution is 2.17. The number of piperidine rings is 1. The zero-order chi connectivity index (χ0) is 13.8. The molecule has 1 heterocycles. The number of hydrogen-bond donors (Lipinski definition) is 1. The lowest BCUT2D eigenvalue weighted by atomic mass is 10.1. The van der Waals surface area contributed by atoms with Gasteiger partial charge in [-0.15, -0.1) is 0 Å². The van der Waals surface area contributed by atoms with E-state index in [1.165, 1.54) is 0 Å². The van der Waals surface area contributed by atoms with Crippen molar-refractivity contribution in [1.82, 2.24) is 14.5 Å². The van der Waals surface area contributed by atoms with Crippen molar-refractivity contribution in [2.75, 3.05) is 39.5 Å². The highest BCUT2D eigenvalue weighted by Gasteiger charge is 2.28. The molecule has 0 unspecified atom stereocenters. The molecule has 1 aliphatic heterocycles. The van der Waals surface area contributed by atoms with E-state index in [4.69, 9.17) is 0 Å². The molecule has 0 aromatic rings. The molecule has 1 N–H and O–H groups in total. The van der Waals surface area contributed by atoms with Crippen LogP contribution in [0.1, 0.15) is 26.7 Å². The monoisotopic (exact) mass is 277 g/mol. The molecule has 0 aromatic heterocycles. The first-order chi connectivity index (χ1) is 8.33. The Balaban J connectivity index is 2.40. The van der Waals surface area contributed by atoms with Gasteiger partial charge in [-0.1, -0.05) is 13.8 Å². The van der Waals surface area contributed by atoms with Crippen LogP contribution in [0.2, 0.25) is 0 Å². The van der Waals surface area contributed by atoms with Gasteiger partial charge in [0.1, 0.15) is 0 Å². The third-order valence-electron chi connectivity index (χ3n) is 3.46. The minimum Gasteiger partial charge on any atom is -0.313 e. The van der Waals surface area contributed by atoms with Crippen LogP contribution >= 0.6 is 0 Å². The molecule has 6 heteroatoms. The summed E-state index contributed by atoms with van der Waals surface area (Å²) in [6, 6.07) is 0.852. The Morgan fingerprint density at radius 2 is 1.83 bits per heavy atom. The summed E-state index contributed by atoms with van der Waals surface area (Å²) in [4.78, 5) is 2.18. The molecule has 0 aromatic carbocycles. The summed E-state index contributed by atoms with van der Waals surface area (Å²) in [5, 5.41) is 3.15. The summed E-state index contributed by atoms with van der Waals surface area (Å²) in [5.41, 5.74) is 0. The highest BCUT2D eigenvalue weighted by atomic mass is 32.2. The standard InChI is InChI=1S/C12H27N3O2S/c1-11(2)13-7-10-18(16,17)15-8-5-12(6-9-15)14(3)4/h11-13H,5-10H2,1-4H3. The van der Waals surface area contributed by atoms with Gasteiger partial charge in [-0.25, -0.2) is 12.7 Å². The molecule has 0 amide bonds. The van der Waals surface area contributed by atoms with Crippen molar-refractivity contribution in [2.45, 2.75) is 38.8 Å². The number of nitrogens with one attached hydrogen (secondary N) is 1. The van der Waals surface area contributed by atoms with E-state index in [-0.39, 0.29) is 5.75 Å². The van der Waals surface area contributed by atoms with Crippen molar-refractivity contribution < 1.29 is 8.42 Å². The third kappa shape index (κ3) is 4.84. The van der Waals surface area contributed by atoms with Crippen LogP contribution in [0.3, 0.4) is 0 Å². The van der Waals surface area contributed by atoms with Gasteiger partial charge in [0.15, 0.2) is 0 Å². The third-order valence-corrected chi connectivity index (χ3v) is 5.33. The Kier molecular flexibility index (Phi) is 6.04. The second-order valence-corrected chi connectivity index (χ2v) is 7.61. The number of nitrogens with zero attached hydrogens (tertiary/aromatic N) is 2. The van der Waals surface area contributed by atoms with Crippen molar-refractivity contribution in [3.63, 3.8) is 0 Å². The number of sulfonamides is 1. The molecule has 5 nitrogen and oxygen atoms in total. The van der Waals surface area contributed by atoms with Crippen molar-refractivity contribution in [1.29, 1.82) is 0 Å². The Labute approximate surface area is 112 Å². The van der Waals surface area contributed by atoms with Crippen LogP contribution in [0, 0.1) is 0 Å². The van der Waals surface area contributed by atoms with Crippen molar-refractivity contribution in [3.8, 4) is 0 Å². The summed E-state index contributed by atoms with van der Waals surface area (Å²) < 4.78 is 25.9. The molecule has 0 aliphatic carbocycles. The van der Waals surface area contributed by atoms with Crippen LogP contribution in [0.5, 0.6) is 0 Å². The van der Waals surface area contributed by atoms with Gasteiger partial charge in [-0.3, -0.25) is 0 Å². The molecule has 1 aliphatic rings. The molecule has 18 heavy (non-hydrogen) atoms. The SMILES string of the molecule is CC(C)NCCS(=O)(=O)N1CCC(N(C)C)CC1. The first-order valence-corrected chi connectivity index (χ1v) is 8.31. The molecular formula is C12H27N3O2S. The van der Waals surface area contributed by atoms with Gasteiger partial charge in [0.2, 0.25) is 10.0 Å². The van der Waals surface area contributed by atoms with E-state index < -0.39 is 10.0 Å². The van der Waals surface area contributed by atoms with Crippen molar-refractivity contribution >= 4 is 10.0 Å². The lowest BCUT2D eigenvalue weighted by Gasteiger charge is -2.34. The summed E-state index contributed by atoms with van der Waals surface area (Å²) in [5.74, 6) is 0.206. The second kappa shape index (κ2) is 6.84. The number of hydrogen-bond acceptors (Lipinski definition) is 4. The van der Waals surface area contributed by atoms with Crippen LogP contribution < -0.4 is 5.32 Å². The smallest absolute Gasteiger partial charge is 0.215 e. The van der Waals surface area contributed by atoms with Crippen LogP contribution in [-0.4, -0.2) is 69.2 Å². The summed E-state index contributed by atoms with van der Waals surface area (Å²) >= 11 is 0. The summed E-state index contributed by atoms with van der Waals surface area (Å²) in [6.45, 7) is 5.90. The van der Waals surface area contributed by atoms with Crippen molar-refractivity contribution in [3.05, 3.63) is 0 Å². The minimum absolute atomic E-state index is 0.206. The van der Waals surface area contributed by atoms with E-state index in [1.807, 2.05) is 13.8 Å². The van der Waals surface area contributed by atoms with Crippen molar-refractivity contribution in [2.24, 2.45) is 0 Å². The Bertz CT molecular complexity index is 333. The van der Waals surface area contributed by atoms with Gasteiger partial charge in [-0.2, -0.15) is 0 Å². The largest absolute Gasteiger partial charge is 0.313 e. The predicted octanol–water partition coefficient (Wildman–Crippen LogP) is 0.340. The van der Waals surface area contributed by atoms with Gasteiger partial charge < -0.3 is 10.2 Å². The van der Waals surface area contributed by atoms with E-state index in [9.17, 15) is 8.42 Å². The minimum atomic E-state index is -3.08. The molecule has 0 radical (unpaired) electrons. The molecule has 1 fully saturated rings. The van der Waals surface area contributed by atoms with Gasteiger partial charge >= 0.3 is 0 Å². The maximum atomic E-state index is 12.1. The van der Waals surface area contributed by atoms with Crippen LogP contribution in [0.25, 0.3) is 0 Å². The van der Waals surface area contributed by atoms with Gasteiger partial charge in [-0.05, 0) is 26.9 Å². The fourth-order valence-electron chi connectivity index (χ4n) is 2.24. The predicted molar refractivity (Wildman–Crippen MR) is 75.2 cm³/mol. The molecule has 0 bridgehead atoms. The Morgan fingerprint density at radius 1 is 1.28 bits per heavy atom. The highest BCUT2D eigenvalue weighted by molar-refractivity contribution is 7.89. The van der Waals surface area contributed by atoms with E-state index in [1.54, 1.807) is 4.31 Å². The van der Waals surface area contributed by atoms with E-state index in [0.29, 0.717) is 31.7 Å². The van der Waals surface area contributed by atoms with Gasteiger partial charge in [0.05, 0.1) is 5.75 Å². The first-order valence-electron chi connectivity index (χ1n) is 6.70. The van der Waals surface area contributed by atoms with Gasteiger partial charge in [0, 0.05) is 31.7 Å². The molecule has 1 saturated heterocycles. The maximum Gasteiger partial charge on any atom is 0.215 e. The molecular weight excluding hydrogens is 250 g/mol. The zero-order valence-electron chi connectivity index (χ0n) is 12.0. The maximum absolute atomic E-state index is 12.1. The van der Waals surface area contributed by atoms with Crippen LogP contribution in [0.15, 0.2) is 0 Å². The van der Waals surface area contributed by atoms with Crippen LogP contribution in [-0.2, 0) is 10.0 Å². The molecule has 0 saturated carbocycles. The normalized spacial score (nSPS) is 19.9. The molecule has 0 spiro atoms. The quantitative estimate of drug-likeness (QED) is 0.761. The second-order valence-electron chi connectivity index (χ2n) is 5.52. The van der Waals surface area contributed by atoms with Gasteiger partial charge in [0.25, 0.3) is 0 Å². The summed E-state index contributed by atoms with van der Waals surface area (Å²) in [6.07, 6.45) is 1.87. The Hall–Kier alpha value is -0.170. The average Bonchev–Trinajstić information content (AvgIpc) is 2.28. The molecule has 0 atom stereocenters. The fraction of sp³-hybridized carbons (Fsp3) is 1.00. The zero-order valence-corrected chi connectivity index (χ0v) is 12.8. The fourth-order valence-corrected chi connectivity index (χ4v) is 3.64. The molecule has 1 rings (SSSR count). The van der Waals surface area contributed by atoms with E-state index in [0.717, 1.165) is 12.8 Å². The molecule has 108 valence electrons. The van der Waals surface area contributed by atoms with Crippen LogP contribution in [0.4, 0.5) is 0 Å².